The van der Waals surface area contributed by atoms with Crippen LogP contribution < -0.4 is 10.1 Å². The molecule has 1 N–H and O–H groups in total. The fourth-order valence-corrected chi connectivity index (χ4v) is 3.79. The Morgan fingerprint density at radius 1 is 1.22 bits per heavy atom. The predicted octanol–water partition coefficient (Wildman–Crippen LogP) is 3.82. The highest BCUT2D eigenvalue weighted by atomic mass is 19.4. The second kappa shape index (κ2) is 6.15. The van der Waals surface area contributed by atoms with Crippen LogP contribution in [0.2, 0.25) is 0 Å². The molecular formula is C17H20F3NO2. The van der Waals surface area contributed by atoms with Crippen LogP contribution in [0.25, 0.3) is 0 Å². The van der Waals surface area contributed by atoms with Crippen molar-refractivity contribution in [3.05, 3.63) is 29.3 Å². The third kappa shape index (κ3) is 3.37. The SMILES string of the molecule is COc1cc(C(=O)C2CC3CCCC(C2)N3)ccc1C(F)(F)F. The first-order valence-electron chi connectivity index (χ1n) is 7.94. The van der Waals surface area contributed by atoms with Crippen LogP contribution in [0.3, 0.4) is 0 Å². The second-order valence-electron chi connectivity index (χ2n) is 6.44. The molecule has 0 saturated carbocycles. The molecule has 1 aromatic rings. The van der Waals surface area contributed by atoms with E-state index >= 15 is 0 Å². The Kier molecular flexibility index (Phi) is 4.36. The molecule has 3 rings (SSSR count). The van der Waals surface area contributed by atoms with Crippen molar-refractivity contribution in [2.24, 2.45) is 5.92 Å². The topological polar surface area (TPSA) is 38.3 Å². The summed E-state index contributed by atoms with van der Waals surface area (Å²) in [5.41, 5.74) is -0.543. The number of rotatable bonds is 3. The van der Waals surface area contributed by atoms with Crippen LogP contribution in [0.1, 0.15) is 48.0 Å². The van der Waals surface area contributed by atoms with Crippen molar-refractivity contribution in [1.82, 2.24) is 5.32 Å². The quantitative estimate of drug-likeness (QED) is 0.858. The molecule has 2 aliphatic rings. The Morgan fingerprint density at radius 3 is 2.43 bits per heavy atom. The number of Topliss-reactive ketones (excluding diaryl/α,β-unsaturated/α-hetero) is 1. The first-order chi connectivity index (χ1) is 10.9. The smallest absolute Gasteiger partial charge is 0.419 e. The molecule has 3 nitrogen and oxygen atoms in total. The van der Waals surface area contributed by atoms with Crippen LogP contribution in [0.5, 0.6) is 5.75 Å². The lowest BCUT2D eigenvalue weighted by atomic mass is 9.77. The molecule has 2 heterocycles. The summed E-state index contributed by atoms with van der Waals surface area (Å²) in [6, 6.07) is 4.14. The van der Waals surface area contributed by atoms with E-state index in [0.29, 0.717) is 17.6 Å². The normalized spacial score (nSPS) is 27.6. The van der Waals surface area contributed by atoms with Crippen LogP contribution >= 0.6 is 0 Å². The number of ketones is 1. The number of carbonyl (C=O) groups is 1. The maximum Gasteiger partial charge on any atom is 0.419 e. The molecule has 2 atom stereocenters. The number of nitrogens with one attached hydrogen (secondary N) is 1. The summed E-state index contributed by atoms with van der Waals surface area (Å²) in [7, 11) is 1.19. The number of hydrogen-bond acceptors (Lipinski definition) is 3. The average molecular weight is 327 g/mol. The van der Waals surface area contributed by atoms with E-state index in [1.54, 1.807) is 0 Å². The van der Waals surface area contributed by atoms with Gasteiger partial charge in [0.05, 0.1) is 12.7 Å². The first-order valence-corrected chi connectivity index (χ1v) is 7.94. The highest BCUT2D eigenvalue weighted by Crippen LogP contribution is 2.38. The molecule has 2 bridgehead atoms. The lowest BCUT2D eigenvalue weighted by Gasteiger charge is -2.39. The van der Waals surface area contributed by atoms with Crippen molar-refractivity contribution in [2.75, 3.05) is 7.11 Å². The number of piperidine rings is 2. The lowest BCUT2D eigenvalue weighted by Crippen LogP contribution is -2.50. The van der Waals surface area contributed by atoms with E-state index in [9.17, 15) is 18.0 Å². The van der Waals surface area contributed by atoms with E-state index in [4.69, 9.17) is 4.74 Å². The maximum absolute atomic E-state index is 12.9. The molecule has 2 fully saturated rings. The summed E-state index contributed by atoms with van der Waals surface area (Å²) in [5, 5.41) is 3.51. The molecule has 0 spiro atoms. The zero-order chi connectivity index (χ0) is 16.6. The van der Waals surface area contributed by atoms with Gasteiger partial charge in [0.25, 0.3) is 0 Å². The van der Waals surface area contributed by atoms with Crippen molar-refractivity contribution < 1.29 is 22.7 Å². The highest BCUT2D eigenvalue weighted by Gasteiger charge is 2.37. The zero-order valence-corrected chi connectivity index (χ0v) is 13.0. The molecular weight excluding hydrogens is 307 g/mol. The summed E-state index contributed by atoms with van der Waals surface area (Å²) < 4.78 is 43.6. The standard InChI is InChI=1S/C17H20F3NO2/c1-23-15-9-10(5-6-14(15)17(18,19)20)16(22)11-7-12-3-2-4-13(8-11)21-12/h5-6,9,11-13,21H,2-4,7-8H2,1H3. The van der Waals surface area contributed by atoms with Crippen molar-refractivity contribution in [3.8, 4) is 5.75 Å². The fraction of sp³-hybridized carbons (Fsp3) is 0.588. The molecule has 2 saturated heterocycles. The number of methoxy groups -OCH3 is 1. The zero-order valence-electron chi connectivity index (χ0n) is 13.0. The summed E-state index contributed by atoms with van der Waals surface area (Å²) in [4.78, 5) is 12.7. The van der Waals surface area contributed by atoms with Gasteiger partial charge < -0.3 is 10.1 Å². The van der Waals surface area contributed by atoms with Gasteiger partial charge in [-0.15, -0.1) is 0 Å². The van der Waals surface area contributed by atoms with Crippen LogP contribution in [0, 0.1) is 5.92 Å². The molecule has 0 aliphatic carbocycles. The molecule has 0 radical (unpaired) electrons. The monoisotopic (exact) mass is 327 g/mol. The minimum Gasteiger partial charge on any atom is -0.496 e. The van der Waals surface area contributed by atoms with Crippen LogP contribution in [0.15, 0.2) is 18.2 Å². The minimum atomic E-state index is -4.49. The van der Waals surface area contributed by atoms with Gasteiger partial charge in [0, 0.05) is 23.6 Å². The number of halogens is 3. The Morgan fingerprint density at radius 2 is 1.87 bits per heavy atom. The molecule has 6 heteroatoms. The van der Waals surface area contributed by atoms with Gasteiger partial charge in [0.2, 0.25) is 0 Å². The fourth-order valence-electron chi connectivity index (χ4n) is 3.79. The summed E-state index contributed by atoms with van der Waals surface area (Å²) in [6.07, 6.45) is 0.348. The van der Waals surface area contributed by atoms with E-state index in [1.807, 2.05) is 0 Å². The molecule has 2 aliphatic heterocycles. The Labute approximate surface area is 133 Å². The Hall–Kier alpha value is -1.56. The van der Waals surface area contributed by atoms with E-state index in [0.717, 1.165) is 31.7 Å². The number of ether oxygens (including phenoxy) is 1. The third-order valence-corrected chi connectivity index (χ3v) is 4.88. The number of benzene rings is 1. The largest absolute Gasteiger partial charge is 0.496 e. The van der Waals surface area contributed by atoms with Gasteiger partial charge in [0.15, 0.2) is 5.78 Å². The van der Waals surface area contributed by atoms with Crippen LogP contribution in [-0.4, -0.2) is 25.0 Å². The minimum absolute atomic E-state index is 0.0737. The van der Waals surface area contributed by atoms with Gasteiger partial charge in [0.1, 0.15) is 5.75 Å². The molecule has 0 amide bonds. The second-order valence-corrected chi connectivity index (χ2v) is 6.44. The summed E-state index contributed by atoms with van der Waals surface area (Å²) >= 11 is 0. The molecule has 2 unspecified atom stereocenters. The lowest BCUT2D eigenvalue weighted by molar-refractivity contribution is -0.138. The highest BCUT2D eigenvalue weighted by molar-refractivity contribution is 5.98. The van der Waals surface area contributed by atoms with E-state index < -0.39 is 11.7 Å². The molecule has 23 heavy (non-hydrogen) atoms. The van der Waals surface area contributed by atoms with Crippen molar-refractivity contribution in [3.63, 3.8) is 0 Å². The van der Waals surface area contributed by atoms with Gasteiger partial charge in [-0.05, 0) is 37.8 Å². The van der Waals surface area contributed by atoms with Gasteiger partial charge in [-0.1, -0.05) is 12.5 Å². The maximum atomic E-state index is 12.9. The number of carbonyl (C=O) groups excluding carboxylic acids is 1. The number of fused-ring (bicyclic) bond motifs is 2. The summed E-state index contributed by atoms with van der Waals surface area (Å²) in [5.74, 6) is -0.485. The van der Waals surface area contributed by atoms with Crippen LogP contribution in [0.4, 0.5) is 13.2 Å². The molecule has 1 aromatic carbocycles. The van der Waals surface area contributed by atoms with E-state index in [1.165, 1.54) is 25.7 Å². The van der Waals surface area contributed by atoms with Gasteiger partial charge in [-0.2, -0.15) is 13.2 Å². The van der Waals surface area contributed by atoms with E-state index in [2.05, 4.69) is 5.32 Å². The Bertz CT molecular complexity index is 588. The van der Waals surface area contributed by atoms with Crippen molar-refractivity contribution in [2.45, 2.75) is 50.4 Å². The van der Waals surface area contributed by atoms with Gasteiger partial charge in [-0.25, -0.2) is 0 Å². The van der Waals surface area contributed by atoms with E-state index in [-0.39, 0.29) is 17.5 Å². The van der Waals surface area contributed by atoms with Crippen LogP contribution in [-0.2, 0) is 6.18 Å². The van der Waals surface area contributed by atoms with Crippen molar-refractivity contribution >= 4 is 5.78 Å². The summed E-state index contributed by atoms with van der Waals surface area (Å²) in [6.45, 7) is 0. The predicted molar refractivity (Wildman–Crippen MR) is 79.6 cm³/mol. The third-order valence-electron chi connectivity index (χ3n) is 4.88. The molecule has 126 valence electrons. The Balaban J connectivity index is 1.82. The average Bonchev–Trinajstić information content (AvgIpc) is 2.52. The molecule has 0 aromatic heterocycles. The first kappa shape index (κ1) is 16.3. The van der Waals surface area contributed by atoms with Gasteiger partial charge >= 0.3 is 6.18 Å². The van der Waals surface area contributed by atoms with Gasteiger partial charge in [-0.3, -0.25) is 4.79 Å². The van der Waals surface area contributed by atoms with Crippen molar-refractivity contribution in [1.29, 1.82) is 0 Å². The number of hydrogen-bond donors (Lipinski definition) is 1. The number of alkyl halides is 3.